The number of benzene rings is 3. The number of likely N-dealkylation sites (tertiary alicyclic amines) is 1. The van der Waals surface area contributed by atoms with Gasteiger partial charge < -0.3 is 19.4 Å². The molecule has 2 atom stereocenters. The van der Waals surface area contributed by atoms with Crippen molar-refractivity contribution in [1.82, 2.24) is 25.1 Å². The maximum atomic E-state index is 13.4. The standard InChI is InChI=1S/C48H51ClN8O5/c1-47(2,34-23-32(27-50)24-35(49)25-34)33-3-6-38(7-4-33)62-30-36-11-17-51-46(52-36)56-18-12-31(29-56)28-54-19-13-48(14-20-54)15-21-55(22-16-48)37-5-8-39-40(26-37)45(61)57(44(39)60)41-9-10-42(58)53-43(41)59/h3-8,11,17,23-26,31,41H,9-10,12-16,18-22,28-30H2,1-2H3,(H,53,58,59). The van der Waals surface area contributed by atoms with Gasteiger partial charge in [0.05, 0.1) is 28.5 Å². The molecule has 0 radical (unpaired) electrons. The second-order valence-corrected chi connectivity index (χ2v) is 18.6. The molecular weight excluding hydrogens is 804 g/mol. The maximum absolute atomic E-state index is 13.4. The molecule has 4 amide bonds. The van der Waals surface area contributed by atoms with Gasteiger partial charge in [0.1, 0.15) is 18.4 Å². The van der Waals surface area contributed by atoms with Crippen LogP contribution < -0.4 is 19.9 Å². The summed E-state index contributed by atoms with van der Waals surface area (Å²) in [6, 6.07) is 22.1. The zero-order valence-corrected chi connectivity index (χ0v) is 36.0. The van der Waals surface area contributed by atoms with Crippen molar-refractivity contribution in [3.05, 3.63) is 111 Å². The third-order valence-electron chi connectivity index (χ3n) is 14.0. The number of halogens is 1. The summed E-state index contributed by atoms with van der Waals surface area (Å²) in [7, 11) is 0. The van der Waals surface area contributed by atoms with Crippen LogP contribution in [0.3, 0.4) is 0 Å². The molecule has 5 aliphatic rings. The number of fused-ring (bicyclic) bond motifs is 1. The molecule has 3 aromatic carbocycles. The zero-order valence-electron chi connectivity index (χ0n) is 35.2. The second kappa shape index (κ2) is 16.8. The Kier molecular flexibility index (Phi) is 11.2. The van der Waals surface area contributed by atoms with Crippen LogP contribution in [0.5, 0.6) is 5.75 Å². The first-order valence-corrected chi connectivity index (χ1v) is 22.1. The Balaban J connectivity index is 0.729. The van der Waals surface area contributed by atoms with Crippen LogP contribution in [0.4, 0.5) is 11.6 Å². The first-order chi connectivity index (χ1) is 29.9. The number of hydrogen-bond donors (Lipinski definition) is 1. The molecule has 320 valence electrons. The van der Waals surface area contributed by atoms with Gasteiger partial charge >= 0.3 is 0 Å². The van der Waals surface area contributed by atoms with Crippen molar-refractivity contribution in [1.29, 1.82) is 5.26 Å². The molecular formula is C48H51ClN8O5. The number of aromatic nitrogens is 2. The molecule has 1 N–H and O–H groups in total. The molecule has 0 bridgehead atoms. The van der Waals surface area contributed by atoms with Crippen LogP contribution in [0.15, 0.2) is 72.9 Å². The highest BCUT2D eigenvalue weighted by Gasteiger charge is 2.45. The van der Waals surface area contributed by atoms with E-state index < -0.39 is 23.8 Å². The average molecular weight is 855 g/mol. The molecule has 4 aromatic rings. The van der Waals surface area contributed by atoms with E-state index in [1.807, 2.05) is 48.7 Å². The van der Waals surface area contributed by atoms with Crippen LogP contribution in [0.25, 0.3) is 0 Å². The first kappa shape index (κ1) is 41.5. The van der Waals surface area contributed by atoms with E-state index in [-0.39, 0.29) is 24.2 Å². The van der Waals surface area contributed by atoms with Crippen molar-refractivity contribution in [2.75, 3.05) is 55.6 Å². The summed E-state index contributed by atoms with van der Waals surface area (Å²) in [4.78, 5) is 68.6. The lowest BCUT2D eigenvalue weighted by Crippen LogP contribution is -2.54. The number of nitrogens with one attached hydrogen (secondary N) is 1. The number of hydrogen-bond acceptors (Lipinski definition) is 11. The lowest BCUT2D eigenvalue weighted by molar-refractivity contribution is -0.136. The minimum Gasteiger partial charge on any atom is -0.487 e. The summed E-state index contributed by atoms with van der Waals surface area (Å²) in [6.45, 7) is 11.5. The maximum Gasteiger partial charge on any atom is 0.262 e. The van der Waals surface area contributed by atoms with E-state index in [2.05, 4.69) is 57.0 Å². The first-order valence-electron chi connectivity index (χ1n) is 21.7. The summed E-state index contributed by atoms with van der Waals surface area (Å²) in [5.74, 6) is 0.132. The summed E-state index contributed by atoms with van der Waals surface area (Å²) in [5.41, 5.74) is 4.97. The van der Waals surface area contributed by atoms with E-state index >= 15 is 0 Å². The average Bonchev–Trinajstić information content (AvgIpc) is 3.85. The lowest BCUT2D eigenvalue weighted by atomic mass is 9.71. The van der Waals surface area contributed by atoms with Gasteiger partial charge in [0.25, 0.3) is 11.8 Å². The van der Waals surface area contributed by atoms with E-state index in [9.17, 15) is 24.4 Å². The molecule has 62 heavy (non-hydrogen) atoms. The summed E-state index contributed by atoms with van der Waals surface area (Å²) >= 11 is 6.31. The van der Waals surface area contributed by atoms with E-state index in [1.165, 1.54) is 12.8 Å². The topological polar surface area (TPSA) is 152 Å². The van der Waals surface area contributed by atoms with E-state index in [0.29, 0.717) is 39.7 Å². The quantitative estimate of drug-likeness (QED) is 0.174. The predicted octanol–water partition coefficient (Wildman–Crippen LogP) is 6.52. The fourth-order valence-electron chi connectivity index (χ4n) is 10.1. The molecule has 0 saturated carbocycles. The van der Waals surface area contributed by atoms with E-state index in [1.54, 1.807) is 12.1 Å². The monoisotopic (exact) mass is 854 g/mol. The molecule has 4 fully saturated rings. The second-order valence-electron chi connectivity index (χ2n) is 18.2. The van der Waals surface area contributed by atoms with Crippen molar-refractivity contribution in [2.45, 2.75) is 76.9 Å². The third-order valence-corrected chi connectivity index (χ3v) is 14.2. The van der Waals surface area contributed by atoms with Gasteiger partial charge in [-0.2, -0.15) is 5.26 Å². The van der Waals surface area contributed by atoms with E-state index in [0.717, 1.165) is 104 Å². The highest BCUT2D eigenvalue weighted by Crippen LogP contribution is 2.43. The van der Waals surface area contributed by atoms with Crippen molar-refractivity contribution in [2.24, 2.45) is 11.3 Å². The van der Waals surface area contributed by atoms with E-state index in [4.69, 9.17) is 21.3 Å². The van der Waals surface area contributed by atoms with Gasteiger partial charge in [-0.25, -0.2) is 9.97 Å². The Morgan fingerprint density at radius 2 is 1.60 bits per heavy atom. The Labute approximate surface area is 367 Å². The largest absolute Gasteiger partial charge is 0.487 e. The third kappa shape index (κ3) is 8.26. The molecule has 1 spiro atoms. The Hall–Kier alpha value is -5.84. The van der Waals surface area contributed by atoms with Crippen LogP contribution in [0.2, 0.25) is 5.02 Å². The van der Waals surface area contributed by atoms with Gasteiger partial charge in [-0.15, -0.1) is 0 Å². The van der Waals surface area contributed by atoms with Gasteiger partial charge in [0, 0.05) is 61.5 Å². The van der Waals surface area contributed by atoms with Crippen molar-refractivity contribution < 1.29 is 23.9 Å². The zero-order chi connectivity index (χ0) is 43.2. The Morgan fingerprint density at radius 3 is 2.34 bits per heavy atom. The highest BCUT2D eigenvalue weighted by atomic mass is 35.5. The fourth-order valence-corrected chi connectivity index (χ4v) is 10.3. The Morgan fingerprint density at radius 1 is 0.855 bits per heavy atom. The van der Waals surface area contributed by atoms with Gasteiger partial charge in [-0.3, -0.25) is 29.4 Å². The molecule has 4 saturated heterocycles. The van der Waals surface area contributed by atoms with Crippen LogP contribution in [0, 0.1) is 22.7 Å². The SMILES string of the molecule is CC(C)(c1ccc(OCc2ccnc(N3CCC(CN4CCC5(CC4)CCN(c4ccc6c(c4)C(=O)N(C4CCC(=O)NC4=O)C6=O)CC5)C3)n2)cc1)c1cc(Cl)cc(C#N)c1. The minimum atomic E-state index is -0.963. The van der Waals surface area contributed by atoms with Crippen LogP contribution in [0.1, 0.15) is 102 Å². The van der Waals surface area contributed by atoms with Crippen molar-refractivity contribution in [3.8, 4) is 11.8 Å². The van der Waals surface area contributed by atoms with Gasteiger partial charge in [0.15, 0.2) is 0 Å². The number of piperidine rings is 3. The van der Waals surface area contributed by atoms with Gasteiger partial charge in [-0.1, -0.05) is 37.6 Å². The molecule has 6 heterocycles. The number of carbonyl (C=O) groups excluding carboxylic acids is 4. The number of amides is 4. The summed E-state index contributed by atoms with van der Waals surface area (Å²) in [5, 5.41) is 12.2. The number of rotatable bonds is 10. The number of nitrogens with zero attached hydrogens (tertiary/aromatic N) is 7. The Bertz CT molecular complexity index is 2450. The van der Waals surface area contributed by atoms with Crippen LogP contribution in [-0.4, -0.2) is 95.3 Å². The van der Waals surface area contributed by atoms with Gasteiger partial charge in [0.2, 0.25) is 17.8 Å². The molecule has 13 nitrogen and oxygen atoms in total. The molecule has 9 rings (SSSR count). The summed E-state index contributed by atoms with van der Waals surface area (Å²) < 4.78 is 6.16. The molecule has 0 aliphatic carbocycles. The van der Waals surface area contributed by atoms with Gasteiger partial charge in [-0.05, 0) is 129 Å². The molecule has 14 heteroatoms. The number of carbonyl (C=O) groups is 4. The molecule has 1 aromatic heterocycles. The number of anilines is 2. The minimum absolute atomic E-state index is 0.100. The molecule has 5 aliphatic heterocycles. The van der Waals surface area contributed by atoms with Crippen LogP contribution in [-0.2, 0) is 21.6 Å². The normalized spacial score (nSPS) is 21.6. The number of ether oxygens (including phenoxy) is 1. The van der Waals surface area contributed by atoms with Crippen LogP contribution >= 0.6 is 11.6 Å². The van der Waals surface area contributed by atoms with Crippen molar-refractivity contribution >= 4 is 46.9 Å². The fraction of sp³-hybridized carbons (Fsp3) is 0.438. The number of nitriles is 1. The number of imide groups is 2. The molecule has 2 unspecified atom stereocenters. The lowest BCUT2D eigenvalue weighted by Gasteiger charge is -2.47. The van der Waals surface area contributed by atoms with Crippen molar-refractivity contribution in [3.63, 3.8) is 0 Å². The highest BCUT2D eigenvalue weighted by molar-refractivity contribution is 6.30. The summed E-state index contributed by atoms with van der Waals surface area (Å²) in [6.07, 6.45) is 7.68. The predicted molar refractivity (Wildman–Crippen MR) is 234 cm³/mol. The smallest absolute Gasteiger partial charge is 0.262 e.